The summed E-state index contributed by atoms with van der Waals surface area (Å²) in [7, 11) is 0. The highest BCUT2D eigenvalue weighted by atomic mass is 16.5. The van der Waals surface area contributed by atoms with Crippen molar-refractivity contribution in [2.75, 3.05) is 6.61 Å². The van der Waals surface area contributed by atoms with E-state index in [9.17, 15) is 4.79 Å². The van der Waals surface area contributed by atoms with Gasteiger partial charge in [-0.1, -0.05) is 115 Å². The molecular weight excluding hydrogens is 492 g/mol. The summed E-state index contributed by atoms with van der Waals surface area (Å²) in [6.07, 6.45) is 14.7. The normalized spacial score (nSPS) is 17.8. The van der Waals surface area contributed by atoms with Crippen LogP contribution in [0.4, 0.5) is 0 Å². The topological polar surface area (TPSA) is 35.5 Å². The van der Waals surface area contributed by atoms with Gasteiger partial charge in [-0.2, -0.15) is 0 Å². The number of rotatable bonds is 14. The van der Waals surface area contributed by atoms with Crippen molar-refractivity contribution in [1.82, 2.24) is 0 Å². The molecule has 1 saturated carbocycles. The number of hydrogen-bond donors (Lipinski definition) is 0. The molecule has 0 aliphatic heterocycles. The van der Waals surface area contributed by atoms with E-state index in [1.165, 1.54) is 63.4 Å². The van der Waals surface area contributed by atoms with Gasteiger partial charge in [0.05, 0.1) is 12.2 Å². The Balaban J connectivity index is 1.21. The zero-order valence-electron chi connectivity index (χ0n) is 24.9. The van der Waals surface area contributed by atoms with Gasteiger partial charge in [0.1, 0.15) is 11.5 Å². The summed E-state index contributed by atoms with van der Waals surface area (Å²) in [6, 6.07) is 23.8. The average Bonchev–Trinajstić information content (AvgIpc) is 3.00. The number of carbonyl (C=O) groups excluding carboxylic acids is 1. The van der Waals surface area contributed by atoms with Crippen LogP contribution in [-0.2, 0) is 6.42 Å². The van der Waals surface area contributed by atoms with Crippen LogP contribution in [0.15, 0.2) is 72.8 Å². The highest BCUT2D eigenvalue weighted by Gasteiger charge is 2.20. The maximum absolute atomic E-state index is 12.7. The van der Waals surface area contributed by atoms with Gasteiger partial charge in [-0.05, 0) is 83.7 Å². The molecule has 1 aliphatic carbocycles. The molecule has 40 heavy (non-hydrogen) atoms. The minimum Gasteiger partial charge on any atom is -0.493 e. The largest absolute Gasteiger partial charge is 0.493 e. The predicted molar refractivity (Wildman–Crippen MR) is 166 cm³/mol. The fourth-order valence-corrected chi connectivity index (χ4v) is 5.65. The first-order valence-electron chi connectivity index (χ1n) is 15.7. The number of benzene rings is 3. The molecule has 214 valence electrons. The zero-order chi connectivity index (χ0) is 28.2. The third-order valence-corrected chi connectivity index (χ3v) is 8.70. The molecule has 0 N–H and O–H groups in total. The molecule has 1 atom stereocenters. The van der Waals surface area contributed by atoms with Gasteiger partial charge in [-0.25, -0.2) is 4.79 Å². The fourth-order valence-electron chi connectivity index (χ4n) is 5.65. The molecule has 3 heteroatoms. The molecule has 3 aromatic rings. The Hall–Kier alpha value is -3.07. The molecule has 0 amide bonds. The Labute approximate surface area is 242 Å². The van der Waals surface area contributed by atoms with E-state index in [0.29, 0.717) is 17.2 Å². The number of unbranched alkanes of at least 4 members (excludes halogenated alkanes) is 2. The van der Waals surface area contributed by atoms with Crippen molar-refractivity contribution in [3.05, 3.63) is 83.9 Å². The van der Waals surface area contributed by atoms with Crippen molar-refractivity contribution in [3.8, 4) is 22.6 Å². The number of aryl methyl sites for hydroxylation is 1. The zero-order valence-corrected chi connectivity index (χ0v) is 24.9. The van der Waals surface area contributed by atoms with Crippen LogP contribution in [0.25, 0.3) is 11.1 Å². The van der Waals surface area contributed by atoms with E-state index in [0.717, 1.165) is 48.2 Å². The van der Waals surface area contributed by atoms with E-state index >= 15 is 0 Å². The van der Waals surface area contributed by atoms with Gasteiger partial charge >= 0.3 is 5.97 Å². The van der Waals surface area contributed by atoms with Crippen LogP contribution < -0.4 is 9.47 Å². The molecule has 3 aromatic carbocycles. The van der Waals surface area contributed by atoms with Crippen LogP contribution in [0.2, 0.25) is 0 Å². The summed E-state index contributed by atoms with van der Waals surface area (Å²) in [6.45, 7) is 7.39. The van der Waals surface area contributed by atoms with Crippen LogP contribution in [0.3, 0.4) is 0 Å². The Morgan fingerprint density at radius 3 is 1.93 bits per heavy atom. The molecule has 0 spiro atoms. The molecular formula is C37H48O3. The second kappa shape index (κ2) is 15.6. The van der Waals surface area contributed by atoms with Crippen molar-refractivity contribution in [3.63, 3.8) is 0 Å². The second-order valence-corrected chi connectivity index (χ2v) is 11.9. The van der Waals surface area contributed by atoms with Gasteiger partial charge in [-0.15, -0.1) is 0 Å². The third-order valence-electron chi connectivity index (χ3n) is 8.70. The smallest absolute Gasteiger partial charge is 0.343 e. The molecule has 0 radical (unpaired) electrons. The van der Waals surface area contributed by atoms with Gasteiger partial charge in [0.2, 0.25) is 0 Å². The van der Waals surface area contributed by atoms with E-state index in [2.05, 4.69) is 45.0 Å². The monoisotopic (exact) mass is 540 g/mol. The third kappa shape index (κ3) is 9.25. The van der Waals surface area contributed by atoms with Gasteiger partial charge in [0, 0.05) is 0 Å². The van der Waals surface area contributed by atoms with Crippen molar-refractivity contribution >= 4 is 5.97 Å². The van der Waals surface area contributed by atoms with Crippen molar-refractivity contribution in [1.29, 1.82) is 0 Å². The molecule has 1 aliphatic rings. The predicted octanol–water partition coefficient (Wildman–Crippen LogP) is 10.3. The minimum absolute atomic E-state index is 0.330. The molecule has 0 saturated heterocycles. The lowest BCUT2D eigenvalue weighted by Crippen LogP contribution is -2.15. The van der Waals surface area contributed by atoms with Crippen molar-refractivity contribution in [2.45, 2.75) is 91.4 Å². The SMILES string of the molecule is CCCCCC1CCC(CCc2ccc(OC(=O)c3ccc(-c4ccc(OCC(C)CC)cc4)cc3)cc2)CC1. The first-order valence-corrected chi connectivity index (χ1v) is 15.7. The Bertz CT molecular complexity index is 1140. The number of hydrogen-bond acceptors (Lipinski definition) is 3. The lowest BCUT2D eigenvalue weighted by molar-refractivity contribution is 0.0734. The van der Waals surface area contributed by atoms with Gasteiger partial charge in [0.15, 0.2) is 0 Å². The fraction of sp³-hybridized carbons (Fsp3) is 0.486. The Morgan fingerprint density at radius 1 is 0.750 bits per heavy atom. The lowest BCUT2D eigenvalue weighted by Gasteiger charge is -2.28. The summed E-state index contributed by atoms with van der Waals surface area (Å²) in [5, 5.41) is 0. The highest BCUT2D eigenvalue weighted by Crippen LogP contribution is 2.34. The second-order valence-electron chi connectivity index (χ2n) is 11.9. The molecule has 4 rings (SSSR count). The van der Waals surface area contributed by atoms with Crippen LogP contribution in [0.1, 0.15) is 101 Å². The summed E-state index contributed by atoms with van der Waals surface area (Å²) < 4.78 is 11.5. The number of carbonyl (C=O) groups is 1. The summed E-state index contributed by atoms with van der Waals surface area (Å²) >= 11 is 0. The first-order chi connectivity index (χ1) is 19.5. The summed E-state index contributed by atoms with van der Waals surface area (Å²) in [5.41, 5.74) is 4.02. The molecule has 3 nitrogen and oxygen atoms in total. The van der Waals surface area contributed by atoms with E-state index < -0.39 is 0 Å². The van der Waals surface area contributed by atoms with Gasteiger partial charge in [-0.3, -0.25) is 0 Å². The summed E-state index contributed by atoms with van der Waals surface area (Å²) in [4.78, 5) is 12.7. The average molecular weight is 541 g/mol. The number of ether oxygens (including phenoxy) is 2. The highest BCUT2D eigenvalue weighted by molar-refractivity contribution is 5.91. The Morgan fingerprint density at radius 2 is 1.32 bits per heavy atom. The van der Waals surface area contributed by atoms with E-state index in [-0.39, 0.29) is 5.97 Å². The van der Waals surface area contributed by atoms with E-state index in [1.807, 2.05) is 48.5 Å². The lowest BCUT2D eigenvalue weighted by atomic mass is 9.78. The summed E-state index contributed by atoms with van der Waals surface area (Å²) in [5.74, 6) is 3.53. The van der Waals surface area contributed by atoms with Crippen LogP contribution in [0.5, 0.6) is 11.5 Å². The molecule has 1 unspecified atom stereocenters. The van der Waals surface area contributed by atoms with E-state index in [1.54, 1.807) is 0 Å². The standard InChI is InChI=1S/C37H48O3/c1-4-6-7-8-29-9-11-30(12-10-29)13-14-31-15-23-36(24-16-31)40-37(38)34-19-17-32(18-20-34)33-21-25-35(26-22-33)39-27-28(3)5-2/h15-26,28-30H,4-14,27H2,1-3H3. The van der Waals surface area contributed by atoms with Gasteiger partial charge < -0.3 is 9.47 Å². The van der Waals surface area contributed by atoms with E-state index in [4.69, 9.17) is 9.47 Å². The van der Waals surface area contributed by atoms with Crippen molar-refractivity contribution in [2.24, 2.45) is 17.8 Å². The minimum atomic E-state index is -0.330. The van der Waals surface area contributed by atoms with Crippen molar-refractivity contribution < 1.29 is 14.3 Å². The number of esters is 1. The van der Waals surface area contributed by atoms with Crippen LogP contribution >= 0.6 is 0 Å². The molecule has 1 fully saturated rings. The first kappa shape index (κ1) is 29.9. The molecule has 0 bridgehead atoms. The molecule has 0 heterocycles. The maximum atomic E-state index is 12.7. The quantitative estimate of drug-likeness (QED) is 0.116. The molecule has 0 aromatic heterocycles. The van der Waals surface area contributed by atoms with Crippen LogP contribution in [0, 0.1) is 17.8 Å². The maximum Gasteiger partial charge on any atom is 0.343 e. The van der Waals surface area contributed by atoms with Crippen LogP contribution in [-0.4, -0.2) is 12.6 Å². The van der Waals surface area contributed by atoms with Gasteiger partial charge in [0.25, 0.3) is 0 Å². The Kier molecular flexibility index (Phi) is 11.7.